The van der Waals surface area contributed by atoms with E-state index in [4.69, 9.17) is 4.42 Å². The van der Waals surface area contributed by atoms with E-state index in [0.717, 1.165) is 11.4 Å². The number of rotatable bonds is 3. The van der Waals surface area contributed by atoms with Crippen LogP contribution in [0.5, 0.6) is 0 Å². The molecule has 25 heavy (non-hydrogen) atoms. The van der Waals surface area contributed by atoms with Gasteiger partial charge in [-0.3, -0.25) is 4.79 Å². The number of anilines is 1. The van der Waals surface area contributed by atoms with Crippen LogP contribution in [0.15, 0.2) is 41.1 Å². The highest BCUT2D eigenvalue weighted by atomic mass is 16.4. The van der Waals surface area contributed by atoms with Crippen molar-refractivity contribution < 1.29 is 9.21 Å². The molecule has 0 atom stereocenters. The Bertz CT molecular complexity index is 1070. The van der Waals surface area contributed by atoms with Crippen LogP contribution < -0.4 is 5.32 Å². The largest absolute Gasteiger partial charge is 0.423 e. The van der Waals surface area contributed by atoms with E-state index in [-0.39, 0.29) is 5.82 Å². The lowest BCUT2D eigenvalue weighted by Crippen LogP contribution is -2.14. The van der Waals surface area contributed by atoms with Gasteiger partial charge >= 0.3 is 0 Å². The van der Waals surface area contributed by atoms with E-state index in [2.05, 4.69) is 30.6 Å². The van der Waals surface area contributed by atoms with Crippen molar-refractivity contribution in [3.63, 3.8) is 0 Å². The topological polar surface area (TPSA) is 111 Å². The third-order valence-corrected chi connectivity index (χ3v) is 3.55. The molecule has 0 saturated carbocycles. The summed E-state index contributed by atoms with van der Waals surface area (Å²) in [5.74, 6) is 0.383. The van der Waals surface area contributed by atoms with E-state index < -0.39 is 5.91 Å². The van der Waals surface area contributed by atoms with E-state index in [1.165, 1.54) is 10.9 Å². The van der Waals surface area contributed by atoms with Crippen molar-refractivity contribution >= 4 is 17.4 Å². The maximum absolute atomic E-state index is 12.4. The predicted molar refractivity (Wildman–Crippen MR) is 87.9 cm³/mol. The smallest absolute Gasteiger partial charge is 0.295 e. The Morgan fingerprint density at radius 3 is 2.88 bits per heavy atom. The van der Waals surface area contributed by atoms with E-state index >= 15 is 0 Å². The Balaban J connectivity index is 1.62. The summed E-state index contributed by atoms with van der Waals surface area (Å²) in [5.41, 5.74) is 2.94. The number of carbonyl (C=O) groups is 1. The zero-order valence-corrected chi connectivity index (χ0v) is 13.5. The van der Waals surface area contributed by atoms with Gasteiger partial charge in [0.1, 0.15) is 0 Å². The van der Waals surface area contributed by atoms with Gasteiger partial charge in [0.2, 0.25) is 18.1 Å². The van der Waals surface area contributed by atoms with Crippen LogP contribution in [0.4, 0.5) is 5.69 Å². The van der Waals surface area contributed by atoms with Crippen LogP contribution in [0.3, 0.4) is 0 Å². The molecular formula is C16H13N7O2. The van der Waals surface area contributed by atoms with E-state index in [1.54, 1.807) is 18.2 Å². The average molecular weight is 335 g/mol. The van der Waals surface area contributed by atoms with Gasteiger partial charge in [0.15, 0.2) is 0 Å². The Morgan fingerprint density at radius 1 is 1.20 bits per heavy atom. The molecule has 1 N–H and O–H groups in total. The molecule has 0 spiro atoms. The summed E-state index contributed by atoms with van der Waals surface area (Å²) < 4.78 is 6.70. The normalized spacial score (nSPS) is 11.0. The first-order chi connectivity index (χ1) is 12.1. The molecule has 0 bridgehead atoms. The lowest BCUT2D eigenvalue weighted by molar-refractivity contribution is 0.101. The van der Waals surface area contributed by atoms with Gasteiger partial charge < -0.3 is 9.73 Å². The molecule has 0 saturated heterocycles. The molecule has 9 nitrogen and oxygen atoms in total. The molecule has 0 fully saturated rings. The summed E-state index contributed by atoms with van der Waals surface area (Å²) in [6.45, 7) is 3.75. The molecule has 0 aliphatic heterocycles. The van der Waals surface area contributed by atoms with Crippen LogP contribution in [0, 0.1) is 13.8 Å². The minimum Gasteiger partial charge on any atom is -0.423 e. The number of hydrogen-bond donors (Lipinski definition) is 1. The third kappa shape index (κ3) is 2.82. The molecule has 0 aliphatic rings. The van der Waals surface area contributed by atoms with Crippen molar-refractivity contribution in [1.29, 1.82) is 0 Å². The van der Waals surface area contributed by atoms with Gasteiger partial charge in [-0.05, 0) is 38.1 Å². The molecule has 124 valence electrons. The first kappa shape index (κ1) is 14.9. The van der Waals surface area contributed by atoms with Gasteiger partial charge in [0, 0.05) is 22.6 Å². The Labute approximate surface area is 141 Å². The van der Waals surface area contributed by atoms with Crippen molar-refractivity contribution in [3.05, 3.63) is 53.9 Å². The molecule has 1 amide bonds. The second-order valence-corrected chi connectivity index (χ2v) is 5.46. The summed E-state index contributed by atoms with van der Waals surface area (Å²) >= 11 is 0. The van der Waals surface area contributed by atoms with Crippen LogP contribution in [-0.4, -0.2) is 35.7 Å². The summed E-state index contributed by atoms with van der Waals surface area (Å²) in [4.78, 5) is 20.9. The Kier molecular flexibility index (Phi) is 3.46. The fourth-order valence-corrected chi connectivity index (χ4v) is 2.48. The molecule has 1 aromatic carbocycles. The van der Waals surface area contributed by atoms with Crippen LogP contribution >= 0.6 is 0 Å². The number of fused-ring (bicyclic) bond motifs is 1. The maximum atomic E-state index is 12.4. The van der Waals surface area contributed by atoms with Crippen molar-refractivity contribution in [2.75, 3.05) is 5.32 Å². The van der Waals surface area contributed by atoms with Crippen LogP contribution in [0.1, 0.15) is 22.0 Å². The summed E-state index contributed by atoms with van der Waals surface area (Å²) in [6.07, 6.45) is 1.25. The van der Waals surface area contributed by atoms with Crippen molar-refractivity contribution in [3.8, 4) is 11.5 Å². The first-order valence-corrected chi connectivity index (χ1v) is 7.49. The van der Waals surface area contributed by atoms with Gasteiger partial charge in [-0.15, -0.1) is 15.3 Å². The third-order valence-electron chi connectivity index (χ3n) is 3.55. The highest BCUT2D eigenvalue weighted by Gasteiger charge is 2.15. The molecule has 4 rings (SSSR count). The highest BCUT2D eigenvalue weighted by molar-refractivity contribution is 6.02. The van der Waals surface area contributed by atoms with E-state index in [0.29, 0.717) is 22.9 Å². The fourth-order valence-electron chi connectivity index (χ4n) is 2.48. The summed E-state index contributed by atoms with van der Waals surface area (Å²) in [6, 6.07) is 8.94. The van der Waals surface area contributed by atoms with Gasteiger partial charge in [-0.25, -0.2) is 9.50 Å². The lowest BCUT2D eigenvalue weighted by atomic mass is 10.2. The van der Waals surface area contributed by atoms with E-state index in [1.807, 2.05) is 26.0 Å². The second kappa shape index (κ2) is 5.78. The van der Waals surface area contributed by atoms with Gasteiger partial charge in [-0.1, -0.05) is 6.07 Å². The molecular weight excluding hydrogens is 322 g/mol. The minimum atomic E-state index is -0.426. The number of aromatic nitrogens is 6. The van der Waals surface area contributed by atoms with Gasteiger partial charge in [0.25, 0.3) is 11.7 Å². The fraction of sp³-hybridized carbons (Fsp3) is 0.125. The molecule has 0 unspecified atom stereocenters. The van der Waals surface area contributed by atoms with Crippen molar-refractivity contribution in [2.45, 2.75) is 13.8 Å². The lowest BCUT2D eigenvalue weighted by Gasteiger charge is -2.03. The van der Waals surface area contributed by atoms with Crippen LogP contribution in [0.2, 0.25) is 0 Å². The summed E-state index contributed by atoms with van der Waals surface area (Å²) in [7, 11) is 0. The molecule has 9 heteroatoms. The average Bonchev–Trinajstić information content (AvgIpc) is 3.24. The number of nitrogens with zero attached hydrogens (tertiary/aromatic N) is 6. The summed E-state index contributed by atoms with van der Waals surface area (Å²) in [5, 5.41) is 14.5. The molecule has 3 heterocycles. The molecule has 3 aromatic heterocycles. The Morgan fingerprint density at radius 2 is 2.08 bits per heavy atom. The predicted octanol–water partition coefficient (Wildman–Crippen LogP) is 2.04. The van der Waals surface area contributed by atoms with Crippen LogP contribution in [-0.2, 0) is 0 Å². The molecule has 4 aromatic rings. The zero-order valence-electron chi connectivity index (χ0n) is 13.5. The number of nitrogens with one attached hydrogen (secondary N) is 1. The number of hydrogen-bond acceptors (Lipinski definition) is 7. The van der Waals surface area contributed by atoms with Crippen molar-refractivity contribution in [2.24, 2.45) is 0 Å². The molecule has 0 aliphatic carbocycles. The van der Waals surface area contributed by atoms with Gasteiger partial charge in [0.05, 0.1) is 0 Å². The quantitative estimate of drug-likeness (QED) is 0.610. The standard InChI is InChI=1S/C16H13N7O2/c1-9-6-10(2)23-16(18-9)20-13(22-23)14(24)19-12-5-3-4-11(7-12)15-21-17-8-25-15/h3-8H,1-2H3,(H,19,24). The number of aryl methyl sites for hydroxylation is 2. The zero-order chi connectivity index (χ0) is 17.4. The van der Waals surface area contributed by atoms with Gasteiger partial charge in [-0.2, -0.15) is 4.98 Å². The Hall–Kier alpha value is -3.62. The minimum absolute atomic E-state index is 0.0457. The number of benzene rings is 1. The van der Waals surface area contributed by atoms with Crippen molar-refractivity contribution in [1.82, 2.24) is 29.8 Å². The second-order valence-electron chi connectivity index (χ2n) is 5.46. The van der Waals surface area contributed by atoms with Crippen LogP contribution in [0.25, 0.3) is 17.2 Å². The number of amides is 1. The monoisotopic (exact) mass is 335 g/mol. The van der Waals surface area contributed by atoms with E-state index in [9.17, 15) is 4.79 Å². The maximum Gasteiger partial charge on any atom is 0.295 e. The molecule has 0 radical (unpaired) electrons. The highest BCUT2D eigenvalue weighted by Crippen LogP contribution is 2.20. The first-order valence-electron chi connectivity index (χ1n) is 7.49. The SMILES string of the molecule is Cc1cc(C)n2nc(C(=O)Nc3cccc(-c4nnco4)c3)nc2n1. The number of carbonyl (C=O) groups excluding carboxylic acids is 1.